The lowest BCUT2D eigenvalue weighted by Crippen LogP contribution is -2.26. The second-order valence-corrected chi connectivity index (χ2v) is 7.80. The molecular weight excluding hydrogens is 349 g/mol. The van der Waals surface area contributed by atoms with Crippen molar-refractivity contribution in [3.63, 3.8) is 0 Å². The molecule has 6 heteroatoms. The molecule has 0 bridgehead atoms. The zero-order valence-corrected chi connectivity index (χ0v) is 14.7. The molecule has 1 aliphatic carbocycles. The largest absolute Gasteiger partial charge is 0.495 e. The Kier molecular flexibility index (Phi) is 3.28. The van der Waals surface area contributed by atoms with Gasteiger partial charge in [0.15, 0.2) is 0 Å². The first-order chi connectivity index (χ1) is 11.4. The van der Waals surface area contributed by atoms with Crippen molar-refractivity contribution in [3.8, 4) is 5.75 Å². The molecule has 1 amide bonds. The summed E-state index contributed by atoms with van der Waals surface area (Å²) in [6.07, 6.45) is 0.421. The van der Waals surface area contributed by atoms with Crippen molar-refractivity contribution in [2.24, 2.45) is 5.41 Å². The van der Waals surface area contributed by atoms with Gasteiger partial charge in [-0.3, -0.25) is 4.79 Å². The summed E-state index contributed by atoms with van der Waals surface area (Å²) in [5, 5.41) is 4.79. The van der Waals surface area contributed by atoms with Crippen LogP contribution in [-0.4, -0.2) is 17.4 Å². The van der Waals surface area contributed by atoms with E-state index in [1.807, 2.05) is 30.3 Å². The molecule has 0 unspecified atom stereocenters. The first-order valence-electron chi connectivity index (χ1n) is 7.54. The Morgan fingerprint density at radius 3 is 2.58 bits per heavy atom. The number of carbonyl (C=O) groups is 1. The number of halogens is 2. The van der Waals surface area contributed by atoms with Gasteiger partial charge in [-0.05, 0) is 25.5 Å². The molecule has 0 saturated heterocycles. The number of benzene rings is 2. The molecule has 2 aromatic carbocycles. The maximum atomic E-state index is 12.5. The normalized spacial score (nSPS) is 21.8. The van der Waals surface area contributed by atoms with Crippen LogP contribution in [-0.2, 0) is 4.79 Å². The van der Waals surface area contributed by atoms with Gasteiger partial charge in [-0.15, -0.1) is 23.2 Å². The van der Waals surface area contributed by atoms with E-state index < -0.39 is 9.75 Å². The van der Waals surface area contributed by atoms with E-state index in [0.717, 1.165) is 16.4 Å². The van der Waals surface area contributed by atoms with Gasteiger partial charge in [-0.25, -0.2) is 0 Å². The highest BCUT2D eigenvalue weighted by atomic mass is 35.5. The molecule has 0 radical (unpaired) electrons. The molecule has 3 aromatic rings. The third kappa shape index (κ3) is 2.17. The van der Waals surface area contributed by atoms with E-state index in [4.69, 9.17) is 32.4 Å². The summed E-state index contributed by atoms with van der Waals surface area (Å²) in [6, 6.07) is 11.4. The first kappa shape index (κ1) is 15.6. The highest BCUT2D eigenvalue weighted by molar-refractivity contribution is 6.53. The minimum absolute atomic E-state index is 0.235. The molecule has 1 heterocycles. The molecule has 1 saturated carbocycles. The molecule has 1 aromatic heterocycles. The molecule has 0 spiro atoms. The van der Waals surface area contributed by atoms with Crippen molar-refractivity contribution in [1.82, 2.24) is 0 Å². The molecule has 1 aliphatic rings. The van der Waals surface area contributed by atoms with Crippen LogP contribution in [0.2, 0.25) is 0 Å². The van der Waals surface area contributed by atoms with E-state index in [1.165, 1.54) is 0 Å². The lowest BCUT2D eigenvalue weighted by atomic mass is 10.1. The number of para-hydroxylation sites is 1. The number of methoxy groups -OCH3 is 1. The Morgan fingerprint density at radius 2 is 1.92 bits per heavy atom. The fourth-order valence-electron chi connectivity index (χ4n) is 2.92. The monoisotopic (exact) mass is 363 g/mol. The molecule has 4 nitrogen and oxygen atoms in total. The van der Waals surface area contributed by atoms with Gasteiger partial charge >= 0.3 is 0 Å². The average molecular weight is 364 g/mol. The topological polar surface area (TPSA) is 51.5 Å². The molecular formula is C18H15Cl2NO3. The zero-order chi connectivity index (χ0) is 17.1. The summed E-state index contributed by atoms with van der Waals surface area (Å²) in [7, 11) is 1.56. The summed E-state index contributed by atoms with van der Waals surface area (Å²) in [4.78, 5) is 12.5. The van der Waals surface area contributed by atoms with Gasteiger partial charge in [-0.2, -0.15) is 0 Å². The standard InChI is InChI=1S/C18H15Cl2NO3/c1-17(9-18(17,19)20)16(22)21-12-8-14-11(7-15(12)23-2)10-5-3-4-6-13(10)24-14/h3-8H,9H2,1-2H3,(H,21,22)/t17-/m1/s1. The number of furan rings is 1. The quantitative estimate of drug-likeness (QED) is 0.657. The van der Waals surface area contributed by atoms with E-state index in [9.17, 15) is 4.79 Å². The Labute approximate surface area is 148 Å². The molecule has 1 fully saturated rings. The number of alkyl halides is 2. The van der Waals surface area contributed by atoms with E-state index >= 15 is 0 Å². The van der Waals surface area contributed by atoms with Crippen LogP contribution in [0.25, 0.3) is 21.9 Å². The van der Waals surface area contributed by atoms with Crippen molar-refractivity contribution >= 4 is 56.7 Å². The summed E-state index contributed by atoms with van der Waals surface area (Å²) in [6.45, 7) is 1.74. The predicted octanol–water partition coefficient (Wildman–Crippen LogP) is 5.12. The van der Waals surface area contributed by atoms with Crippen LogP contribution >= 0.6 is 23.2 Å². The lowest BCUT2D eigenvalue weighted by Gasteiger charge is -2.15. The van der Waals surface area contributed by atoms with Crippen LogP contribution in [0.1, 0.15) is 13.3 Å². The van der Waals surface area contributed by atoms with Gasteiger partial charge in [0.1, 0.15) is 21.2 Å². The van der Waals surface area contributed by atoms with E-state index in [0.29, 0.717) is 23.4 Å². The van der Waals surface area contributed by atoms with Gasteiger partial charge < -0.3 is 14.5 Å². The van der Waals surface area contributed by atoms with Gasteiger partial charge in [0.2, 0.25) is 5.91 Å². The van der Waals surface area contributed by atoms with Gasteiger partial charge in [0.25, 0.3) is 0 Å². The summed E-state index contributed by atoms with van der Waals surface area (Å²) in [5.74, 6) is 0.322. The number of anilines is 1. The van der Waals surface area contributed by atoms with Crippen molar-refractivity contribution in [2.45, 2.75) is 17.7 Å². The Bertz CT molecular complexity index is 979. The first-order valence-corrected chi connectivity index (χ1v) is 8.30. The SMILES string of the molecule is COc1cc2c(cc1NC(=O)[C@@]1(C)CC1(Cl)Cl)oc1ccccc12. The highest BCUT2D eigenvalue weighted by Gasteiger charge is 2.68. The Morgan fingerprint density at radius 1 is 1.21 bits per heavy atom. The van der Waals surface area contributed by atoms with E-state index in [1.54, 1.807) is 20.1 Å². The molecule has 0 aliphatic heterocycles. The highest BCUT2D eigenvalue weighted by Crippen LogP contribution is 2.64. The fraction of sp³-hybridized carbons (Fsp3) is 0.278. The molecule has 1 atom stereocenters. The lowest BCUT2D eigenvalue weighted by molar-refractivity contribution is -0.120. The van der Waals surface area contributed by atoms with Crippen LogP contribution in [0.4, 0.5) is 5.69 Å². The van der Waals surface area contributed by atoms with Crippen molar-refractivity contribution in [1.29, 1.82) is 0 Å². The Balaban J connectivity index is 1.78. The minimum atomic E-state index is -1.02. The number of amides is 1. The van der Waals surface area contributed by atoms with E-state index in [-0.39, 0.29) is 5.91 Å². The second-order valence-electron chi connectivity index (χ2n) is 6.31. The number of fused-ring (bicyclic) bond motifs is 3. The van der Waals surface area contributed by atoms with Crippen molar-refractivity contribution in [3.05, 3.63) is 36.4 Å². The summed E-state index contributed by atoms with van der Waals surface area (Å²) < 4.78 is 10.3. The minimum Gasteiger partial charge on any atom is -0.495 e. The van der Waals surface area contributed by atoms with Gasteiger partial charge in [0, 0.05) is 16.8 Å². The maximum Gasteiger partial charge on any atom is 0.233 e. The number of hydrogen-bond donors (Lipinski definition) is 1. The zero-order valence-electron chi connectivity index (χ0n) is 13.2. The van der Waals surface area contributed by atoms with Crippen LogP contribution in [0.3, 0.4) is 0 Å². The third-order valence-corrected chi connectivity index (χ3v) is 5.81. The second kappa shape index (κ2) is 5.04. The van der Waals surface area contributed by atoms with Gasteiger partial charge in [0.05, 0.1) is 18.2 Å². The number of carbonyl (C=O) groups excluding carboxylic acids is 1. The summed E-state index contributed by atoms with van der Waals surface area (Å²) in [5.41, 5.74) is 1.19. The van der Waals surface area contributed by atoms with Crippen LogP contribution in [0, 0.1) is 5.41 Å². The molecule has 124 valence electrons. The van der Waals surface area contributed by atoms with Crippen molar-refractivity contribution < 1.29 is 13.9 Å². The number of ether oxygens (including phenoxy) is 1. The number of rotatable bonds is 3. The summed E-state index contributed by atoms with van der Waals surface area (Å²) >= 11 is 12.2. The average Bonchev–Trinajstić information content (AvgIpc) is 2.90. The third-order valence-electron chi connectivity index (χ3n) is 4.71. The molecule has 4 rings (SSSR count). The van der Waals surface area contributed by atoms with E-state index in [2.05, 4.69) is 5.32 Å². The predicted molar refractivity (Wildman–Crippen MR) is 96.1 cm³/mol. The van der Waals surface area contributed by atoms with Crippen LogP contribution in [0.5, 0.6) is 5.75 Å². The van der Waals surface area contributed by atoms with Crippen LogP contribution in [0.15, 0.2) is 40.8 Å². The smallest absolute Gasteiger partial charge is 0.233 e. The van der Waals surface area contributed by atoms with Gasteiger partial charge in [-0.1, -0.05) is 18.2 Å². The number of nitrogens with one attached hydrogen (secondary N) is 1. The van der Waals surface area contributed by atoms with Crippen LogP contribution < -0.4 is 10.1 Å². The number of hydrogen-bond acceptors (Lipinski definition) is 3. The molecule has 1 N–H and O–H groups in total. The fourth-order valence-corrected chi connectivity index (χ4v) is 3.63. The Hall–Kier alpha value is -1.91. The maximum absolute atomic E-state index is 12.5. The van der Waals surface area contributed by atoms with Crippen molar-refractivity contribution in [2.75, 3.05) is 12.4 Å². The molecule has 24 heavy (non-hydrogen) atoms.